The number of aromatic amines is 1. The number of amides is 1. The first-order valence-corrected chi connectivity index (χ1v) is 11.3. The summed E-state index contributed by atoms with van der Waals surface area (Å²) in [6, 6.07) is 15.0. The van der Waals surface area contributed by atoms with E-state index in [9.17, 15) is 9.59 Å². The predicted octanol–water partition coefficient (Wildman–Crippen LogP) is 3.54. The standard InChI is InChI=1S/C23H24N4O3S/c1-4-14-30-19-13-9-7-11-17(19)22-26(15(3)28)18-12-8-6-10-16(18)20-21(29)24-23(31-5-2)25-27(20)22/h6-13,22H,4-5,14H2,1-3H3/p+1/t22-/m0/s1. The fourth-order valence-corrected chi connectivity index (χ4v) is 4.42. The van der Waals surface area contributed by atoms with Gasteiger partial charge in [0.1, 0.15) is 5.75 Å². The number of aromatic nitrogens is 3. The molecule has 0 saturated heterocycles. The summed E-state index contributed by atoms with van der Waals surface area (Å²) in [5.41, 5.74) is 2.30. The molecule has 1 amide bonds. The summed E-state index contributed by atoms with van der Waals surface area (Å²) in [5, 5.41) is 5.26. The van der Waals surface area contributed by atoms with E-state index in [0.29, 0.717) is 34.5 Å². The van der Waals surface area contributed by atoms with Crippen LogP contribution in [0.4, 0.5) is 5.69 Å². The van der Waals surface area contributed by atoms with Gasteiger partial charge in [0.05, 0.1) is 23.4 Å². The molecule has 0 spiro atoms. The van der Waals surface area contributed by atoms with Crippen molar-refractivity contribution in [3.05, 3.63) is 64.4 Å². The number of carbonyl (C=O) groups is 1. The van der Waals surface area contributed by atoms with Crippen LogP contribution in [0, 0.1) is 0 Å². The molecular formula is C23H25N4O3S+. The van der Waals surface area contributed by atoms with Crippen LogP contribution in [-0.2, 0) is 4.79 Å². The summed E-state index contributed by atoms with van der Waals surface area (Å²) in [7, 11) is 0. The lowest BCUT2D eigenvalue weighted by atomic mass is 10.0. The quantitative estimate of drug-likeness (QED) is 0.471. The molecule has 4 rings (SSSR count). The fourth-order valence-electron chi connectivity index (χ4n) is 3.83. The Morgan fingerprint density at radius 1 is 1.19 bits per heavy atom. The largest absolute Gasteiger partial charge is 0.493 e. The van der Waals surface area contributed by atoms with E-state index in [1.807, 2.05) is 62.4 Å². The Balaban J connectivity index is 2.03. The summed E-state index contributed by atoms with van der Waals surface area (Å²) in [6.45, 7) is 6.12. The van der Waals surface area contributed by atoms with E-state index in [0.717, 1.165) is 17.7 Å². The van der Waals surface area contributed by atoms with E-state index in [4.69, 9.17) is 9.84 Å². The highest BCUT2D eigenvalue weighted by molar-refractivity contribution is 7.99. The Morgan fingerprint density at radius 2 is 1.94 bits per heavy atom. The van der Waals surface area contributed by atoms with Gasteiger partial charge in [-0.25, -0.2) is 4.90 Å². The maximum Gasteiger partial charge on any atom is 0.325 e. The van der Waals surface area contributed by atoms with Gasteiger partial charge < -0.3 is 4.74 Å². The molecule has 2 heterocycles. The van der Waals surface area contributed by atoms with Gasteiger partial charge in [-0.05, 0) is 41.1 Å². The molecule has 0 bridgehead atoms. The summed E-state index contributed by atoms with van der Waals surface area (Å²) < 4.78 is 7.67. The monoisotopic (exact) mass is 437 g/mol. The van der Waals surface area contributed by atoms with Crippen molar-refractivity contribution in [2.45, 2.75) is 38.5 Å². The van der Waals surface area contributed by atoms with Crippen LogP contribution in [0.2, 0.25) is 0 Å². The molecule has 1 aromatic heterocycles. The second-order valence-corrected chi connectivity index (χ2v) is 8.40. The Hall–Kier alpha value is -3.13. The average molecular weight is 438 g/mol. The zero-order valence-electron chi connectivity index (χ0n) is 17.8. The van der Waals surface area contributed by atoms with Crippen LogP contribution in [0.15, 0.2) is 58.5 Å². The van der Waals surface area contributed by atoms with Crippen molar-refractivity contribution in [3.63, 3.8) is 0 Å². The molecule has 0 fully saturated rings. The highest BCUT2D eigenvalue weighted by Crippen LogP contribution is 2.39. The van der Waals surface area contributed by atoms with E-state index in [2.05, 4.69) is 4.98 Å². The molecule has 7 nitrogen and oxygen atoms in total. The van der Waals surface area contributed by atoms with Gasteiger partial charge in [-0.3, -0.25) is 14.6 Å². The van der Waals surface area contributed by atoms with Gasteiger partial charge in [0.25, 0.3) is 6.17 Å². The van der Waals surface area contributed by atoms with Crippen molar-refractivity contribution in [2.75, 3.05) is 17.3 Å². The fraction of sp³-hybridized carbons (Fsp3) is 0.304. The highest BCUT2D eigenvalue weighted by Gasteiger charge is 2.46. The van der Waals surface area contributed by atoms with Crippen LogP contribution >= 0.6 is 11.8 Å². The van der Waals surface area contributed by atoms with Gasteiger partial charge in [-0.1, -0.05) is 49.9 Å². The number of hydrogen-bond acceptors (Lipinski definition) is 5. The Morgan fingerprint density at radius 3 is 2.68 bits per heavy atom. The zero-order valence-corrected chi connectivity index (χ0v) is 18.6. The van der Waals surface area contributed by atoms with Gasteiger partial charge in [0.15, 0.2) is 0 Å². The van der Waals surface area contributed by atoms with Gasteiger partial charge in [0, 0.05) is 12.0 Å². The number of fused-ring (bicyclic) bond motifs is 3. The maximum absolute atomic E-state index is 13.2. The van der Waals surface area contributed by atoms with E-state index >= 15 is 0 Å². The molecule has 8 heteroatoms. The van der Waals surface area contributed by atoms with Gasteiger partial charge in [-0.2, -0.15) is 0 Å². The number of nitrogens with zero attached hydrogens (tertiary/aromatic N) is 3. The molecule has 1 aliphatic rings. The van der Waals surface area contributed by atoms with Crippen LogP contribution < -0.4 is 19.9 Å². The molecule has 0 saturated carbocycles. The average Bonchev–Trinajstić information content (AvgIpc) is 2.76. The first kappa shape index (κ1) is 21.1. The second kappa shape index (κ2) is 8.93. The molecule has 1 aliphatic heterocycles. The lowest BCUT2D eigenvalue weighted by Crippen LogP contribution is -2.60. The number of carbonyl (C=O) groups excluding carboxylic acids is 1. The number of rotatable bonds is 6. The van der Waals surface area contributed by atoms with Crippen LogP contribution in [0.1, 0.15) is 38.9 Å². The van der Waals surface area contributed by atoms with Crippen LogP contribution in [0.3, 0.4) is 0 Å². The van der Waals surface area contributed by atoms with Crippen LogP contribution in [0.25, 0.3) is 11.3 Å². The van der Waals surface area contributed by atoms with E-state index in [1.165, 1.54) is 18.7 Å². The summed E-state index contributed by atoms with van der Waals surface area (Å²) in [4.78, 5) is 30.7. The molecule has 31 heavy (non-hydrogen) atoms. The SMILES string of the molecule is CCCOc1ccccc1[C@H]1N(C(C)=O)c2ccccc2-c2c(=O)[nH]c(SCC)n[n+]21. The summed E-state index contributed by atoms with van der Waals surface area (Å²) in [5.74, 6) is 1.29. The number of thioether (sulfide) groups is 1. The zero-order chi connectivity index (χ0) is 22.0. The molecule has 2 aromatic carbocycles. The summed E-state index contributed by atoms with van der Waals surface area (Å²) in [6.07, 6.45) is 0.214. The number of hydrogen-bond donors (Lipinski definition) is 1. The Kier molecular flexibility index (Phi) is 6.08. The number of para-hydroxylation sites is 2. The van der Waals surface area contributed by atoms with E-state index < -0.39 is 6.17 Å². The number of benzene rings is 2. The van der Waals surface area contributed by atoms with Gasteiger partial charge >= 0.3 is 11.3 Å². The number of H-pyrrole nitrogens is 1. The third-order valence-corrected chi connectivity index (χ3v) is 5.78. The van der Waals surface area contributed by atoms with Crippen molar-refractivity contribution >= 4 is 23.4 Å². The van der Waals surface area contributed by atoms with E-state index in [1.54, 1.807) is 9.58 Å². The Bertz CT molecular complexity index is 1180. The predicted molar refractivity (Wildman–Crippen MR) is 120 cm³/mol. The first-order chi connectivity index (χ1) is 15.1. The summed E-state index contributed by atoms with van der Waals surface area (Å²) >= 11 is 1.45. The second-order valence-electron chi connectivity index (χ2n) is 7.15. The van der Waals surface area contributed by atoms with E-state index in [-0.39, 0.29) is 11.5 Å². The van der Waals surface area contributed by atoms with Crippen molar-refractivity contribution in [1.29, 1.82) is 0 Å². The number of nitrogens with one attached hydrogen (secondary N) is 1. The molecule has 0 unspecified atom stereocenters. The van der Waals surface area contributed by atoms with Crippen LogP contribution in [-0.4, -0.2) is 28.3 Å². The third-order valence-electron chi connectivity index (χ3n) is 5.04. The number of ether oxygens (including phenoxy) is 1. The Labute approximate surface area is 185 Å². The third kappa shape index (κ3) is 3.83. The van der Waals surface area contributed by atoms with Gasteiger partial charge in [0.2, 0.25) is 11.1 Å². The lowest BCUT2D eigenvalue weighted by Gasteiger charge is -2.32. The minimum absolute atomic E-state index is 0.146. The molecule has 3 aromatic rings. The highest BCUT2D eigenvalue weighted by atomic mass is 32.2. The van der Waals surface area contributed by atoms with Crippen molar-refractivity contribution in [1.82, 2.24) is 10.1 Å². The molecule has 0 radical (unpaired) electrons. The van der Waals surface area contributed by atoms with Crippen molar-refractivity contribution in [3.8, 4) is 17.0 Å². The first-order valence-electron chi connectivity index (χ1n) is 10.4. The minimum Gasteiger partial charge on any atom is -0.493 e. The smallest absolute Gasteiger partial charge is 0.325 e. The maximum atomic E-state index is 13.2. The van der Waals surface area contributed by atoms with Crippen LogP contribution in [0.5, 0.6) is 5.75 Å². The topological polar surface area (TPSA) is 79.2 Å². The minimum atomic E-state index is -0.644. The molecular weight excluding hydrogens is 412 g/mol. The molecule has 160 valence electrons. The van der Waals surface area contributed by atoms with Gasteiger partial charge in [-0.15, -0.1) is 0 Å². The van der Waals surface area contributed by atoms with Crippen molar-refractivity contribution < 1.29 is 14.2 Å². The molecule has 1 N–H and O–H groups in total. The normalized spacial score (nSPS) is 14.7. The molecule has 1 atom stereocenters. The molecule has 0 aliphatic carbocycles. The number of anilines is 1. The van der Waals surface area contributed by atoms with Crippen molar-refractivity contribution in [2.24, 2.45) is 0 Å². The lowest BCUT2D eigenvalue weighted by molar-refractivity contribution is -0.763.